The Balaban J connectivity index is 2.11. The van der Waals surface area contributed by atoms with Crippen LogP contribution >= 0.6 is 0 Å². The van der Waals surface area contributed by atoms with E-state index in [1.54, 1.807) is 32.0 Å². The average Bonchev–Trinajstić information content (AvgIpc) is 2.63. The summed E-state index contributed by atoms with van der Waals surface area (Å²) < 4.78 is 5.00. The highest BCUT2D eigenvalue weighted by Crippen LogP contribution is 2.19. The zero-order valence-corrected chi connectivity index (χ0v) is 14.8. The lowest BCUT2D eigenvalue weighted by atomic mass is 10.1. The van der Waals surface area contributed by atoms with Crippen LogP contribution < -0.4 is 10.6 Å². The van der Waals surface area contributed by atoms with E-state index in [2.05, 4.69) is 10.6 Å². The molecular weight excluding hydrogens is 316 g/mol. The molecule has 2 rings (SSSR count). The SMILES string of the molecule is CCOC(=O)[C@@H](C)Nc1ccccc1C(=O)N[C@@H](C)c1ccccc1. The van der Waals surface area contributed by atoms with E-state index in [1.807, 2.05) is 43.3 Å². The molecule has 0 radical (unpaired) electrons. The molecule has 0 aromatic heterocycles. The topological polar surface area (TPSA) is 67.4 Å². The van der Waals surface area contributed by atoms with Crippen LogP contribution in [0.15, 0.2) is 54.6 Å². The van der Waals surface area contributed by atoms with Gasteiger partial charge in [-0.1, -0.05) is 42.5 Å². The number of esters is 1. The molecular formula is C20H24N2O3. The van der Waals surface area contributed by atoms with Gasteiger partial charge >= 0.3 is 5.97 Å². The van der Waals surface area contributed by atoms with Crippen molar-refractivity contribution in [3.05, 3.63) is 65.7 Å². The molecule has 132 valence electrons. The summed E-state index contributed by atoms with van der Waals surface area (Å²) in [6, 6.07) is 16.2. The maximum absolute atomic E-state index is 12.7. The van der Waals surface area contributed by atoms with E-state index in [0.717, 1.165) is 5.56 Å². The van der Waals surface area contributed by atoms with Crippen LogP contribution in [0, 0.1) is 0 Å². The molecule has 0 unspecified atom stereocenters. The lowest BCUT2D eigenvalue weighted by Crippen LogP contribution is -2.31. The maximum Gasteiger partial charge on any atom is 0.328 e. The number of para-hydroxylation sites is 1. The number of anilines is 1. The Labute approximate surface area is 148 Å². The average molecular weight is 340 g/mol. The van der Waals surface area contributed by atoms with Crippen molar-refractivity contribution in [3.8, 4) is 0 Å². The van der Waals surface area contributed by atoms with Crippen molar-refractivity contribution in [2.75, 3.05) is 11.9 Å². The molecule has 1 amide bonds. The maximum atomic E-state index is 12.7. The van der Waals surface area contributed by atoms with Gasteiger partial charge in [0.2, 0.25) is 0 Å². The Hall–Kier alpha value is -2.82. The fourth-order valence-electron chi connectivity index (χ4n) is 2.47. The van der Waals surface area contributed by atoms with Crippen molar-refractivity contribution in [1.82, 2.24) is 5.32 Å². The molecule has 2 N–H and O–H groups in total. The normalized spacial score (nSPS) is 12.8. The number of carbonyl (C=O) groups excluding carboxylic acids is 2. The Bertz CT molecular complexity index is 716. The van der Waals surface area contributed by atoms with Gasteiger partial charge in [-0.25, -0.2) is 4.79 Å². The lowest BCUT2D eigenvalue weighted by molar-refractivity contribution is -0.143. The molecule has 2 aromatic carbocycles. The smallest absolute Gasteiger partial charge is 0.328 e. The number of hydrogen-bond donors (Lipinski definition) is 2. The fraction of sp³-hybridized carbons (Fsp3) is 0.300. The van der Waals surface area contributed by atoms with Gasteiger partial charge in [-0.2, -0.15) is 0 Å². The predicted octanol–water partition coefficient (Wildman–Crippen LogP) is 3.54. The molecule has 5 heteroatoms. The molecule has 0 saturated carbocycles. The Morgan fingerprint density at radius 2 is 1.64 bits per heavy atom. The van der Waals surface area contributed by atoms with Gasteiger partial charge in [-0.05, 0) is 38.5 Å². The zero-order valence-electron chi connectivity index (χ0n) is 14.8. The number of ether oxygens (including phenoxy) is 1. The number of amides is 1. The number of nitrogens with one attached hydrogen (secondary N) is 2. The number of carbonyl (C=O) groups is 2. The van der Waals surface area contributed by atoms with Crippen LogP contribution in [0.25, 0.3) is 0 Å². The highest BCUT2D eigenvalue weighted by atomic mass is 16.5. The van der Waals surface area contributed by atoms with Gasteiger partial charge in [0.05, 0.1) is 18.2 Å². The van der Waals surface area contributed by atoms with E-state index >= 15 is 0 Å². The van der Waals surface area contributed by atoms with Crippen molar-refractivity contribution >= 4 is 17.6 Å². The van der Waals surface area contributed by atoms with Crippen LogP contribution in [0.3, 0.4) is 0 Å². The van der Waals surface area contributed by atoms with Crippen molar-refractivity contribution in [2.24, 2.45) is 0 Å². The highest BCUT2D eigenvalue weighted by molar-refractivity contribution is 6.00. The summed E-state index contributed by atoms with van der Waals surface area (Å²) in [5.74, 6) is -0.550. The van der Waals surface area contributed by atoms with Crippen LogP contribution in [0.1, 0.15) is 42.7 Å². The number of hydrogen-bond acceptors (Lipinski definition) is 4. The first-order valence-corrected chi connectivity index (χ1v) is 8.41. The second-order valence-corrected chi connectivity index (χ2v) is 5.77. The van der Waals surface area contributed by atoms with Crippen molar-refractivity contribution in [1.29, 1.82) is 0 Å². The molecule has 0 aliphatic rings. The minimum absolute atomic E-state index is 0.121. The summed E-state index contributed by atoms with van der Waals surface area (Å²) in [5, 5.41) is 6.04. The van der Waals surface area contributed by atoms with E-state index in [9.17, 15) is 9.59 Å². The second-order valence-electron chi connectivity index (χ2n) is 5.77. The standard InChI is InChI=1S/C20H24N2O3/c1-4-25-20(24)15(3)21-18-13-9-8-12-17(18)19(23)22-14(2)16-10-6-5-7-11-16/h5-15,21H,4H2,1-3H3,(H,22,23)/t14-,15+/m0/s1. The van der Waals surface area contributed by atoms with E-state index < -0.39 is 6.04 Å². The molecule has 0 saturated heterocycles. The first-order valence-electron chi connectivity index (χ1n) is 8.41. The summed E-state index contributed by atoms with van der Waals surface area (Å²) in [6.07, 6.45) is 0. The first-order chi connectivity index (χ1) is 12.0. The Morgan fingerprint density at radius 1 is 1.00 bits per heavy atom. The third-order valence-electron chi connectivity index (χ3n) is 3.83. The Kier molecular flexibility index (Phi) is 6.57. The van der Waals surface area contributed by atoms with Crippen LogP contribution in [-0.2, 0) is 9.53 Å². The quantitative estimate of drug-likeness (QED) is 0.757. The summed E-state index contributed by atoms with van der Waals surface area (Å²) in [4.78, 5) is 24.5. The minimum Gasteiger partial charge on any atom is -0.464 e. The molecule has 5 nitrogen and oxygen atoms in total. The first kappa shape index (κ1) is 18.5. The molecule has 0 spiro atoms. The largest absolute Gasteiger partial charge is 0.464 e. The molecule has 0 bridgehead atoms. The highest BCUT2D eigenvalue weighted by Gasteiger charge is 2.18. The third kappa shape index (κ3) is 5.08. The Morgan fingerprint density at radius 3 is 2.32 bits per heavy atom. The van der Waals surface area contributed by atoms with Crippen LogP contribution in [0.5, 0.6) is 0 Å². The van der Waals surface area contributed by atoms with Gasteiger partial charge in [-0.15, -0.1) is 0 Å². The van der Waals surface area contributed by atoms with Gasteiger partial charge in [0, 0.05) is 5.69 Å². The van der Waals surface area contributed by atoms with Gasteiger partial charge in [-0.3, -0.25) is 4.79 Å². The van der Waals surface area contributed by atoms with Crippen LogP contribution in [0.4, 0.5) is 5.69 Å². The number of rotatable bonds is 7. The van der Waals surface area contributed by atoms with Crippen molar-refractivity contribution in [2.45, 2.75) is 32.9 Å². The third-order valence-corrected chi connectivity index (χ3v) is 3.83. The van der Waals surface area contributed by atoms with E-state index in [1.165, 1.54) is 0 Å². The van der Waals surface area contributed by atoms with Gasteiger partial charge in [0.15, 0.2) is 0 Å². The molecule has 0 fully saturated rings. The second kappa shape index (κ2) is 8.87. The van der Waals surface area contributed by atoms with Crippen LogP contribution in [-0.4, -0.2) is 24.5 Å². The van der Waals surface area contributed by atoms with E-state index in [-0.39, 0.29) is 17.9 Å². The van der Waals surface area contributed by atoms with E-state index in [4.69, 9.17) is 4.74 Å². The summed E-state index contributed by atoms with van der Waals surface area (Å²) in [6.45, 7) is 5.72. The minimum atomic E-state index is -0.541. The molecule has 25 heavy (non-hydrogen) atoms. The number of benzene rings is 2. The zero-order chi connectivity index (χ0) is 18.2. The molecule has 2 atom stereocenters. The van der Waals surface area contributed by atoms with Crippen molar-refractivity contribution in [3.63, 3.8) is 0 Å². The summed E-state index contributed by atoms with van der Waals surface area (Å²) >= 11 is 0. The predicted molar refractivity (Wildman–Crippen MR) is 98.5 cm³/mol. The van der Waals surface area contributed by atoms with Gasteiger partial charge in [0.1, 0.15) is 6.04 Å². The van der Waals surface area contributed by atoms with E-state index in [0.29, 0.717) is 17.9 Å². The van der Waals surface area contributed by atoms with Gasteiger partial charge in [0.25, 0.3) is 5.91 Å². The molecule has 2 aromatic rings. The molecule has 0 heterocycles. The van der Waals surface area contributed by atoms with Crippen LogP contribution in [0.2, 0.25) is 0 Å². The monoisotopic (exact) mass is 340 g/mol. The fourth-order valence-corrected chi connectivity index (χ4v) is 2.47. The summed E-state index contributed by atoms with van der Waals surface area (Å²) in [7, 11) is 0. The lowest BCUT2D eigenvalue weighted by Gasteiger charge is -2.19. The summed E-state index contributed by atoms with van der Waals surface area (Å²) in [5.41, 5.74) is 2.11. The molecule has 0 aliphatic carbocycles. The van der Waals surface area contributed by atoms with Gasteiger partial charge < -0.3 is 15.4 Å². The van der Waals surface area contributed by atoms with Crippen molar-refractivity contribution < 1.29 is 14.3 Å². The molecule has 0 aliphatic heterocycles.